The Morgan fingerprint density at radius 2 is 2.05 bits per heavy atom. The van der Waals surface area contributed by atoms with E-state index in [4.69, 9.17) is 0 Å². The Morgan fingerprint density at radius 1 is 1.40 bits per heavy atom. The van der Waals surface area contributed by atoms with Crippen molar-refractivity contribution in [1.29, 1.82) is 0 Å². The first-order valence-electron chi connectivity index (χ1n) is 6.66. The topological polar surface area (TPSA) is 66.8 Å². The number of carboxylic acid groups (broad SMARTS) is 1. The molecule has 0 saturated carbocycles. The summed E-state index contributed by atoms with van der Waals surface area (Å²) in [5.41, 5.74) is -0.903. The van der Waals surface area contributed by atoms with Gasteiger partial charge >= 0.3 is 5.97 Å². The van der Waals surface area contributed by atoms with Crippen molar-refractivity contribution >= 4 is 11.9 Å². The number of carboxylic acids is 1. The first-order chi connectivity index (χ1) is 9.29. The fourth-order valence-corrected chi connectivity index (χ4v) is 2.43. The maximum absolute atomic E-state index is 11.9. The minimum absolute atomic E-state index is 0.000510. The number of alkyl halides is 2. The van der Waals surface area contributed by atoms with Gasteiger partial charge in [-0.25, -0.2) is 8.78 Å². The van der Waals surface area contributed by atoms with Crippen molar-refractivity contribution in [3.05, 3.63) is 0 Å². The Balaban J connectivity index is 2.46. The number of ether oxygens (including phenoxy) is 1. The Kier molecular flexibility index (Phi) is 5.86. The molecule has 1 unspecified atom stereocenters. The molecule has 1 fully saturated rings. The van der Waals surface area contributed by atoms with Gasteiger partial charge in [0.2, 0.25) is 5.91 Å². The number of carbonyl (C=O) groups is 2. The van der Waals surface area contributed by atoms with Gasteiger partial charge < -0.3 is 14.7 Å². The molecule has 1 saturated heterocycles. The van der Waals surface area contributed by atoms with Gasteiger partial charge in [0.05, 0.1) is 18.4 Å². The number of rotatable bonds is 7. The van der Waals surface area contributed by atoms with Crippen molar-refractivity contribution in [3.63, 3.8) is 0 Å². The molecule has 1 rings (SSSR count). The molecule has 1 heterocycles. The lowest BCUT2D eigenvalue weighted by Gasteiger charge is -2.28. The molecule has 0 radical (unpaired) electrons. The monoisotopic (exact) mass is 293 g/mol. The molecule has 5 nitrogen and oxygen atoms in total. The summed E-state index contributed by atoms with van der Waals surface area (Å²) in [6.45, 7) is 3.47. The predicted octanol–water partition coefficient (Wildman–Crippen LogP) is 1.62. The highest BCUT2D eigenvalue weighted by Gasteiger charge is 2.48. The van der Waals surface area contributed by atoms with Crippen molar-refractivity contribution in [1.82, 2.24) is 4.90 Å². The van der Waals surface area contributed by atoms with Gasteiger partial charge in [0.25, 0.3) is 6.43 Å². The van der Waals surface area contributed by atoms with E-state index in [1.54, 1.807) is 0 Å². The molecule has 1 N–H and O–H groups in total. The van der Waals surface area contributed by atoms with Crippen LogP contribution < -0.4 is 0 Å². The zero-order chi connectivity index (χ0) is 15.3. The van der Waals surface area contributed by atoms with Crippen molar-refractivity contribution in [2.24, 2.45) is 11.3 Å². The van der Waals surface area contributed by atoms with Crippen molar-refractivity contribution in [2.45, 2.75) is 33.1 Å². The van der Waals surface area contributed by atoms with E-state index in [2.05, 4.69) is 4.74 Å². The Labute approximate surface area is 116 Å². The van der Waals surface area contributed by atoms with E-state index < -0.39 is 24.4 Å². The van der Waals surface area contributed by atoms with E-state index in [0.717, 1.165) is 0 Å². The molecule has 0 aromatic heterocycles. The first-order valence-corrected chi connectivity index (χ1v) is 6.66. The Hall–Kier alpha value is -1.24. The molecule has 0 spiro atoms. The molecule has 20 heavy (non-hydrogen) atoms. The molecule has 1 aliphatic heterocycles. The number of halogens is 2. The van der Waals surface area contributed by atoms with Crippen molar-refractivity contribution in [3.8, 4) is 0 Å². The number of aliphatic carboxylic acids is 1. The van der Waals surface area contributed by atoms with Gasteiger partial charge in [-0.05, 0) is 12.3 Å². The third-order valence-corrected chi connectivity index (χ3v) is 3.89. The van der Waals surface area contributed by atoms with Crippen LogP contribution in [0.15, 0.2) is 0 Å². The molecule has 0 aromatic rings. The highest BCUT2D eigenvalue weighted by molar-refractivity contribution is 5.80. The van der Waals surface area contributed by atoms with Gasteiger partial charge in [0, 0.05) is 13.1 Å². The summed E-state index contributed by atoms with van der Waals surface area (Å²) < 4.78 is 28.4. The molecule has 0 aromatic carbocycles. The van der Waals surface area contributed by atoms with E-state index in [0.29, 0.717) is 13.0 Å². The summed E-state index contributed by atoms with van der Waals surface area (Å²) >= 11 is 0. The number of carbonyl (C=O) groups excluding carboxylic acids is 1. The normalized spacial score (nSPS) is 22.8. The lowest BCUT2D eigenvalue weighted by Crippen LogP contribution is -2.40. The summed E-state index contributed by atoms with van der Waals surface area (Å²) in [4.78, 5) is 24.8. The van der Waals surface area contributed by atoms with E-state index in [9.17, 15) is 23.5 Å². The highest BCUT2D eigenvalue weighted by Crippen LogP contribution is 2.38. The lowest BCUT2D eigenvalue weighted by atomic mass is 9.76. The van der Waals surface area contributed by atoms with Crippen LogP contribution in [0.2, 0.25) is 0 Å². The third-order valence-electron chi connectivity index (χ3n) is 3.89. The van der Waals surface area contributed by atoms with Gasteiger partial charge in [-0.3, -0.25) is 9.59 Å². The molecule has 116 valence electrons. The van der Waals surface area contributed by atoms with Gasteiger partial charge in [0.1, 0.15) is 6.61 Å². The van der Waals surface area contributed by atoms with Crippen LogP contribution in [0, 0.1) is 11.3 Å². The standard InChI is InChI=1S/C13H21F2NO4/c1-9(2)13(12(18)19)4-5-16(8-13)11(17)3-6-20-7-10(14)15/h9-10H,3-8H2,1-2H3,(H,18,19). The first kappa shape index (κ1) is 16.8. The Bertz CT molecular complexity index is 362. The molecule has 1 aliphatic rings. The second-order valence-electron chi connectivity index (χ2n) is 5.40. The molecular formula is C13H21F2NO4. The summed E-state index contributed by atoms with van der Waals surface area (Å²) in [6.07, 6.45) is -2.12. The van der Waals surface area contributed by atoms with Crippen molar-refractivity contribution < 1.29 is 28.2 Å². The Morgan fingerprint density at radius 3 is 2.50 bits per heavy atom. The average molecular weight is 293 g/mol. The maximum atomic E-state index is 11.9. The van der Waals surface area contributed by atoms with E-state index >= 15 is 0 Å². The highest BCUT2D eigenvalue weighted by atomic mass is 19.3. The molecule has 0 bridgehead atoms. The van der Waals surface area contributed by atoms with E-state index in [-0.39, 0.29) is 31.4 Å². The van der Waals surface area contributed by atoms with Crippen molar-refractivity contribution in [2.75, 3.05) is 26.3 Å². The number of hydrogen-bond donors (Lipinski definition) is 1. The molecule has 1 amide bonds. The van der Waals surface area contributed by atoms with Crippen LogP contribution >= 0.6 is 0 Å². The van der Waals surface area contributed by atoms with Crippen LogP contribution in [0.25, 0.3) is 0 Å². The van der Waals surface area contributed by atoms with Gasteiger partial charge in [0.15, 0.2) is 0 Å². The van der Waals surface area contributed by atoms with Gasteiger partial charge in [-0.2, -0.15) is 0 Å². The van der Waals surface area contributed by atoms with Crippen LogP contribution in [0.3, 0.4) is 0 Å². The summed E-state index contributed by atoms with van der Waals surface area (Å²) in [6, 6.07) is 0. The smallest absolute Gasteiger partial charge is 0.311 e. The summed E-state index contributed by atoms with van der Waals surface area (Å²) in [7, 11) is 0. The number of hydrogen-bond acceptors (Lipinski definition) is 3. The number of nitrogens with zero attached hydrogens (tertiary/aromatic N) is 1. The van der Waals surface area contributed by atoms with Crippen LogP contribution in [-0.2, 0) is 14.3 Å². The summed E-state index contributed by atoms with van der Waals surface area (Å²) in [5, 5.41) is 9.36. The van der Waals surface area contributed by atoms with Crippen LogP contribution in [-0.4, -0.2) is 54.6 Å². The second kappa shape index (κ2) is 6.97. The summed E-state index contributed by atoms with van der Waals surface area (Å²) in [5.74, 6) is -1.22. The SMILES string of the molecule is CC(C)C1(C(=O)O)CCN(C(=O)CCOCC(F)F)C1. The van der Waals surface area contributed by atoms with E-state index in [1.165, 1.54) is 4.90 Å². The molecular weight excluding hydrogens is 272 g/mol. The average Bonchev–Trinajstić information content (AvgIpc) is 2.80. The predicted molar refractivity (Wildman–Crippen MR) is 67.5 cm³/mol. The second-order valence-corrected chi connectivity index (χ2v) is 5.40. The lowest BCUT2D eigenvalue weighted by molar-refractivity contribution is -0.151. The fourth-order valence-electron chi connectivity index (χ4n) is 2.43. The minimum Gasteiger partial charge on any atom is -0.481 e. The van der Waals surface area contributed by atoms with E-state index in [1.807, 2.05) is 13.8 Å². The van der Waals surface area contributed by atoms with Crippen LogP contribution in [0.1, 0.15) is 26.7 Å². The number of amides is 1. The zero-order valence-electron chi connectivity index (χ0n) is 11.8. The van der Waals surface area contributed by atoms with Gasteiger partial charge in [-0.15, -0.1) is 0 Å². The molecule has 0 aliphatic carbocycles. The number of likely N-dealkylation sites (tertiary alicyclic amines) is 1. The largest absolute Gasteiger partial charge is 0.481 e. The molecule has 1 atom stereocenters. The van der Waals surface area contributed by atoms with Gasteiger partial charge in [-0.1, -0.05) is 13.8 Å². The molecule has 7 heteroatoms. The minimum atomic E-state index is -2.54. The maximum Gasteiger partial charge on any atom is 0.311 e. The zero-order valence-corrected chi connectivity index (χ0v) is 11.8. The quantitative estimate of drug-likeness (QED) is 0.724. The van der Waals surface area contributed by atoms with Crippen LogP contribution in [0.4, 0.5) is 8.78 Å². The van der Waals surface area contributed by atoms with Crippen LogP contribution in [0.5, 0.6) is 0 Å². The fraction of sp³-hybridized carbons (Fsp3) is 0.846. The third kappa shape index (κ3) is 3.88.